The van der Waals surface area contributed by atoms with Gasteiger partial charge >= 0.3 is 0 Å². The summed E-state index contributed by atoms with van der Waals surface area (Å²) in [4.78, 5) is 18.6. The number of nitrogen functional groups attached to an aromatic ring is 1. The predicted octanol–water partition coefficient (Wildman–Crippen LogP) is 2.38. The first-order chi connectivity index (χ1) is 8.61. The second kappa shape index (κ2) is 5.38. The summed E-state index contributed by atoms with van der Waals surface area (Å²) in [6.07, 6.45) is 4.45. The van der Waals surface area contributed by atoms with E-state index in [1.165, 1.54) is 6.42 Å². The van der Waals surface area contributed by atoms with Crippen LogP contribution in [0.1, 0.15) is 48.7 Å². The Morgan fingerprint density at radius 1 is 1.50 bits per heavy atom. The summed E-state index contributed by atoms with van der Waals surface area (Å²) in [6.45, 7) is 4.86. The molecule has 2 rings (SSSR count). The number of pyridine rings is 1. The van der Waals surface area contributed by atoms with Crippen molar-refractivity contribution in [3.05, 3.63) is 23.4 Å². The number of carbonyl (C=O) groups excluding carboxylic acids is 1. The molecule has 0 spiro atoms. The van der Waals surface area contributed by atoms with Crippen molar-refractivity contribution in [2.75, 3.05) is 12.3 Å². The van der Waals surface area contributed by atoms with Gasteiger partial charge < -0.3 is 10.6 Å². The number of hydrogen-bond acceptors (Lipinski definition) is 3. The van der Waals surface area contributed by atoms with Gasteiger partial charge in [-0.05, 0) is 44.7 Å². The summed E-state index contributed by atoms with van der Waals surface area (Å²) in [7, 11) is 0. The van der Waals surface area contributed by atoms with Gasteiger partial charge in [-0.15, -0.1) is 0 Å². The van der Waals surface area contributed by atoms with Gasteiger partial charge in [-0.25, -0.2) is 4.98 Å². The van der Waals surface area contributed by atoms with E-state index in [0.717, 1.165) is 31.5 Å². The molecule has 1 aliphatic rings. The third-order valence-electron chi connectivity index (χ3n) is 3.58. The molecular weight excluding hydrogens is 226 g/mol. The van der Waals surface area contributed by atoms with Crippen LogP contribution in [0.25, 0.3) is 0 Å². The van der Waals surface area contributed by atoms with Gasteiger partial charge in [0.05, 0.1) is 0 Å². The van der Waals surface area contributed by atoms with Gasteiger partial charge in [-0.3, -0.25) is 4.79 Å². The Balaban J connectivity index is 2.23. The standard InChI is InChI=1S/C14H21N3O/c1-3-12-6-4-5-7-17(12)14(18)11-8-10(2)16-13(15)9-11/h8-9,12H,3-7H2,1-2H3,(H2,15,16). The molecule has 1 aromatic heterocycles. The SMILES string of the molecule is CCC1CCCCN1C(=O)c1cc(C)nc(N)c1. The number of carbonyl (C=O) groups is 1. The van der Waals surface area contributed by atoms with E-state index in [-0.39, 0.29) is 5.91 Å². The van der Waals surface area contributed by atoms with Crippen LogP contribution in [0.5, 0.6) is 0 Å². The van der Waals surface area contributed by atoms with E-state index in [1.54, 1.807) is 6.07 Å². The largest absolute Gasteiger partial charge is 0.384 e. The average molecular weight is 247 g/mol. The molecule has 0 aromatic carbocycles. The summed E-state index contributed by atoms with van der Waals surface area (Å²) in [5.74, 6) is 0.516. The minimum atomic E-state index is 0.0961. The highest BCUT2D eigenvalue weighted by Gasteiger charge is 2.26. The number of hydrogen-bond donors (Lipinski definition) is 1. The fraction of sp³-hybridized carbons (Fsp3) is 0.571. The molecule has 1 aromatic rings. The zero-order chi connectivity index (χ0) is 13.1. The monoisotopic (exact) mass is 247 g/mol. The second-order valence-electron chi connectivity index (χ2n) is 4.98. The van der Waals surface area contributed by atoms with Crippen LogP contribution >= 0.6 is 0 Å². The van der Waals surface area contributed by atoms with Crippen LogP contribution < -0.4 is 5.73 Å². The lowest BCUT2D eigenvalue weighted by Crippen LogP contribution is -2.43. The molecule has 1 aliphatic heterocycles. The van der Waals surface area contributed by atoms with Gasteiger partial charge in [0.1, 0.15) is 5.82 Å². The first-order valence-corrected chi connectivity index (χ1v) is 6.67. The number of piperidine rings is 1. The van der Waals surface area contributed by atoms with E-state index in [4.69, 9.17) is 5.73 Å². The van der Waals surface area contributed by atoms with Crippen LogP contribution in [0.2, 0.25) is 0 Å². The molecule has 1 atom stereocenters. The Kier molecular flexibility index (Phi) is 3.84. The molecule has 4 nitrogen and oxygen atoms in total. The second-order valence-corrected chi connectivity index (χ2v) is 4.98. The number of amides is 1. The average Bonchev–Trinajstić information content (AvgIpc) is 2.36. The van der Waals surface area contributed by atoms with Crippen molar-refractivity contribution < 1.29 is 4.79 Å². The molecular formula is C14H21N3O. The van der Waals surface area contributed by atoms with Crippen molar-refractivity contribution >= 4 is 11.7 Å². The van der Waals surface area contributed by atoms with Gasteiger partial charge in [-0.1, -0.05) is 6.92 Å². The lowest BCUT2D eigenvalue weighted by molar-refractivity contribution is 0.0608. The van der Waals surface area contributed by atoms with Gasteiger partial charge in [0, 0.05) is 23.8 Å². The molecule has 0 radical (unpaired) electrons. The molecule has 0 aliphatic carbocycles. The zero-order valence-electron chi connectivity index (χ0n) is 11.1. The Morgan fingerprint density at radius 2 is 2.28 bits per heavy atom. The molecule has 2 heterocycles. The smallest absolute Gasteiger partial charge is 0.254 e. The number of aryl methyl sites for hydroxylation is 1. The number of likely N-dealkylation sites (tertiary alicyclic amines) is 1. The van der Waals surface area contributed by atoms with E-state index in [2.05, 4.69) is 11.9 Å². The molecule has 1 saturated heterocycles. The van der Waals surface area contributed by atoms with E-state index in [9.17, 15) is 4.79 Å². The molecule has 18 heavy (non-hydrogen) atoms. The summed E-state index contributed by atoms with van der Waals surface area (Å²) < 4.78 is 0. The molecule has 0 saturated carbocycles. The Morgan fingerprint density at radius 3 is 2.94 bits per heavy atom. The topological polar surface area (TPSA) is 59.2 Å². The minimum Gasteiger partial charge on any atom is -0.384 e. The Labute approximate surface area is 108 Å². The quantitative estimate of drug-likeness (QED) is 0.872. The highest BCUT2D eigenvalue weighted by Crippen LogP contribution is 2.22. The maximum Gasteiger partial charge on any atom is 0.254 e. The Hall–Kier alpha value is -1.58. The molecule has 1 unspecified atom stereocenters. The molecule has 1 amide bonds. The van der Waals surface area contributed by atoms with Crippen molar-refractivity contribution in [2.24, 2.45) is 0 Å². The molecule has 2 N–H and O–H groups in total. The third kappa shape index (κ3) is 2.63. The van der Waals surface area contributed by atoms with Crippen LogP contribution in [0, 0.1) is 6.92 Å². The van der Waals surface area contributed by atoms with E-state index in [1.807, 2.05) is 17.9 Å². The van der Waals surface area contributed by atoms with Crippen molar-refractivity contribution in [1.29, 1.82) is 0 Å². The maximum atomic E-state index is 12.5. The van der Waals surface area contributed by atoms with Gasteiger partial charge in [0.2, 0.25) is 0 Å². The van der Waals surface area contributed by atoms with Crippen LogP contribution in [0.3, 0.4) is 0 Å². The van der Waals surface area contributed by atoms with Gasteiger partial charge in [0.25, 0.3) is 5.91 Å². The van der Waals surface area contributed by atoms with E-state index >= 15 is 0 Å². The number of anilines is 1. The van der Waals surface area contributed by atoms with Crippen LogP contribution in [0.4, 0.5) is 5.82 Å². The number of aromatic nitrogens is 1. The summed E-state index contributed by atoms with van der Waals surface area (Å²) in [5.41, 5.74) is 7.17. The first kappa shape index (κ1) is 12.9. The number of rotatable bonds is 2. The van der Waals surface area contributed by atoms with E-state index < -0.39 is 0 Å². The lowest BCUT2D eigenvalue weighted by Gasteiger charge is -2.35. The van der Waals surface area contributed by atoms with Crippen LogP contribution in [-0.4, -0.2) is 28.4 Å². The molecule has 1 fully saturated rings. The molecule has 98 valence electrons. The lowest BCUT2D eigenvalue weighted by atomic mass is 9.99. The van der Waals surface area contributed by atoms with Crippen molar-refractivity contribution in [2.45, 2.75) is 45.6 Å². The normalized spacial score (nSPS) is 19.9. The van der Waals surface area contributed by atoms with E-state index in [0.29, 0.717) is 17.4 Å². The Bertz CT molecular complexity index is 424. The number of nitrogens with zero attached hydrogens (tertiary/aromatic N) is 2. The summed E-state index contributed by atoms with van der Waals surface area (Å²) >= 11 is 0. The fourth-order valence-corrected chi connectivity index (χ4v) is 2.68. The highest BCUT2D eigenvalue weighted by molar-refractivity contribution is 5.95. The van der Waals surface area contributed by atoms with Crippen molar-refractivity contribution in [3.63, 3.8) is 0 Å². The van der Waals surface area contributed by atoms with Gasteiger partial charge in [-0.2, -0.15) is 0 Å². The predicted molar refractivity (Wildman–Crippen MR) is 72.4 cm³/mol. The minimum absolute atomic E-state index is 0.0961. The van der Waals surface area contributed by atoms with Crippen molar-refractivity contribution in [3.8, 4) is 0 Å². The highest BCUT2D eigenvalue weighted by atomic mass is 16.2. The fourth-order valence-electron chi connectivity index (χ4n) is 2.68. The zero-order valence-corrected chi connectivity index (χ0v) is 11.1. The van der Waals surface area contributed by atoms with Gasteiger partial charge in [0.15, 0.2) is 0 Å². The molecule has 0 bridgehead atoms. The van der Waals surface area contributed by atoms with Crippen molar-refractivity contribution in [1.82, 2.24) is 9.88 Å². The molecule has 4 heteroatoms. The maximum absolute atomic E-state index is 12.5. The number of nitrogens with two attached hydrogens (primary N) is 1. The third-order valence-corrected chi connectivity index (χ3v) is 3.58. The van der Waals surface area contributed by atoms with Crippen LogP contribution in [0.15, 0.2) is 12.1 Å². The van der Waals surface area contributed by atoms with Crippen LogP contribution in [-0.2, 0) is 0 Å². The summed E-state index contributed by atoms with van der Waals surface area (Å²) in [5, 5.41) is 0. The summed E-state index contributed by atoms with van der Waals surface area (Å²) in [6, 6.07) is 3.87. The first-order valence-electron chi connectivity index (χ1n) is 6.67.